The highest BCUT2D eigenvalue weighted by atomic mass is 17.2. The van der Waals surface area contributed by atoms with Crippen LogP contribution in [0.3, 0.4) is 0 Å². The van der Waals surface area contributed by atoms with Crippen molar-refractivity contribution in [3.8, 4) is 0 Å². The first kappa shape index (κ1) is 9.66. The molecular formula is C4H8N2O5. The summed E-state index contributed by atoms with van der Waals surface area (Å²) in [5, 5.41) is 8.27. The fraction of sp³-hybridized carbons (Fsp3) is 0.500. The highest BCUT2D eigenvalue weighted by Gasteiger charge is 2.15. The second kappa shape index (κ2) is 4.47. The Bertz CT molecular complexity index is 159. The van der Waals surface area contributed by atoms with E-state index in [9.17, 15) is 9.59 Å². The molecule has 1 amide bonds. The largest absolute Gasteiger partial charge is 0.447 e. The van der Waals surface area contributed by atoms with Crippen LogP contribution in [0.5, 0.6) is 0 Å². The molecule has 0 aromatic carbocycles. The van der Waals surface area contributed by atoms with Crippen molar-refractivity contribution in [1.29, 1.82) is 0 Å². The summed E-state index contributed by atoms with van der Waals surface area (Å²) in [4.78, 5) is 27.7. The standard InChI is InChI=1S/C4H8N2O5/c5-2(1-7)3(8)10-11-4(6)9/h2,7H,1,5H2,(H2,6,9)/t2-/m0/s1. The maximum atomic E-state index is 10.4. The molecule has 1 atom stereocenters. The van der Waals surface area contributed by atoms with E-state index in [0.29, 0.717) is 0 Å². The highest BCUT2D eigenvalue weighted by molar-refractivity contribution is 5.76. The minimum absolute atomic E-state index is 0.596. The number of hydrogen-bond donors (Lipinski definition) is 3. The Balaban J connectivity index is 3.60. The van der Waals surface area contributed by atoms with Crippen LogP contribution in [0, 0.1) is 0 Å². The van der Waals surface area contributed by atoms with Gasteiger partial charge in [-0.25, -0.2) is 19.4 Å². The third-order valence-corrected chi connectivity index (χ3v) is 0.705. The smallest absolute Gasteiger partial charge is 0.394 e. The molecule has 5 N–H and O–H groups in total. The summed E-state index contributed by atoms with van der Waals surface area (Å²) in [5.41, 5.74) is 9.39. The minimum Gasteiger partial charge on any atom is -0.394 e. The fourth-order valence-electron chi connectivity index (χ4n) is 0.218. The number of nitrogens with two attached hydrogens (primary N) is 2. The van der Waals surface area contributed by atoms with Crippen LogP contribution in [0.25, 0.3) is 0 Å². The summed E-state index contributed by atoms with van der Waals surface area (Å²) in [6.07, 6.45) is -1.26. The lowest BCUT2D eigenvalue weighted by atomic mass is 10.3. The monoisotopic (exact) mass is 164 g/mol. The Morgan fingerprint density at radius 2 is 2.00 bits per heavy atom. The average molecular weight is 164 g/mol. The average Bonchev–Trinajstić information content (AvgIpc) is 1.98. The van der Waals surface area contributed by atoms with Crippen LogP contribution in [0.4, 0.5) is 4.79 Å². The van der Waals surface area contributed by atoms with Gasteiger partial charge in [0.1, 0.15) is 6.04 Å². The van der Waals surface area contributed by atoms with Gasteiger partial charge in [-0.3, -0.25) is 0 Å². The molecular weight excluding hydrogens is 156 g/mol. The first-order valence-electron chi connectivity index (χ1n) is 2.62. The van der Waals surface area contributed by atoms with Gasteiger partial charge >= 0.3 is 12.1 Å². The van der Waals surface area contributed by atoms with Crippen LogP contribution in [-0.4, -0.2) is 29.8 Å². The predicted molar refractivity (Wildman–Crippen MR) is 31.8 cm³/mol. The molecule has 0 aliphatic rings. The summed E-state index contributed by atoms with van der Waals surface area (Å²) < 4.78 is 0. The van der Waals surface area contributed by atoms with E-state index in [-0.39, 0.29) is 0 Å². The van der Waals surface area contributed by atoms with Gasteiger partial charge in [0.05, 0.1) is 6.61 Å². The number of carbonyl (C=O) groups is 2. The molecule has 0 radical (unpaired) electrons. The molecule has 0 aliphatic heterocycles. The third-order valence-electron chi connectivity index (χ3n) is 0.705. The quantitative estimate of drug-likeness (QED) is 0.316. The van der Waals surface area contributed by atoms with E-state index in [1.807, 2.05) is 0 Å². The maximum absolute atomic E-state index is 10.4. The molecule has 11 heavy (non-hydrogen) atoms. The summed E-state index contributed by atoms with van der Waals surface area (Å²) in [7, 11) is 0. The highest BCUT2D eigenvalue weighted by Crippen LogP contribution is 1.85. The first-order valence-corrected chi connectivity index (χ1v) is 2.62. The predicted octanol–water partition coefficient (Wildman–Crippen LogP) is -2.14. The molecule has 0 rings (SSSR count). The lowest BCUT2D eigenvalue weighted by Gasteiger charge is -2.04. The fourth-order valence-corrected chi connectivity index (χ4v) is 0.218. The molecule has 0 heterocycles. The summed E-state index contributed by atoms with van der Waals surface area (Å²) >= 11 is 0. The Kier molecular flexibility index (Phi) is 3.93. The van der Waals surface area contributed by atoms with Crippen LogP contribution < -0.4 is 11.5 Å². The topological polar surface area (TPSA) is 125 Å². The van der Waals surface area contributed by atoms with Crippen molar-refractivity contribution in [3.05, 3.63) is 0 Å². The number of aliphatic hydroxyl groups is 1. The number of carbonyl (C=O) groups excluding carboxylic acids is 2. The molecule has 7 heteroatoms. The van der Waals surface area contributed by atoms with Gasteiger partial charge in [-0.05, 0) is 0 Å². The second-order valence-corrected chi connectivity index (χ2v) is 1.59. The van der Waals surface area contributed by atoms with Crippen molar-refractivity contribution < 1.29 is 24.5 Å². The van der Waals surface area contributed by atoms with E-state index < -0.39 is 24.7 Å². The van der Waals surface area contributed by atoms with E-state index in [1.54, 1.807) is 0 Å². The zero-order chi connectivity index (χ0) is 8.85. The molecule has 0 aromatic rings. The molecule has 0 spiro atoms. The van der Waals surface area contributed by atoms with E-state index in [2.05, 4.69) is 15.5 Å². The third kappa shape index (κ3) is 4.12. The van der Waals surface area contributed by atoms with Crippen LogP contribution in [0.1, 0.15) is 0 Å². The molecule has 7 nitrogen and oxygen atoms in total. The van der Waals surface area contributed by atoms with Crippen LogP contribution in [-0.2, 0) is 14.6 Å². The number of aliphatic hydroxyl groups excluding tert-OH is 1. The molecule has 0 saturated carbocycles. The normalized spacial score (nSPS) is 11.8. The van der Waals surface area contributed by atoms with Crippen molar-refractivity contribution in [1.82, 2.24) is 0 Å². The van der Waals surface area contributed by atoms with Crippen LogP contribution in [0.2, 0.25) is 0 Å². The van der Waals surface area contributed by atoms with Crippen molar-refractivity contribution in [2.24, 2.45) is 11.5 Å². The van der Waals surface area contributed by atoms with Gasteiger partial charge in [0.25, 0.3) is 0 Å². The van der Waals surface area contributed by atoms with Gasteiger partial charge in [-0.1, -0.05) is 0 Å². The van der Waals surface area contributed by atoms with E-state index in [0.717, 1.165) is 0 Å². The molecule has 0 unspecified atom stereocenters. The Morgan fingerprint density at radius 1 is 1.45 bits per heavy atom. The lowest BCUT2D eigenvalue weighted by molar-refractivity contribution is -0.232. The molecule has 0 aliphatic carbocycles. The maximum Gasteiger partial charge on any atom is 0.447 e. The first-order chi connectivity index (χ1) is 5.07. The zero-order valence-corrected chi connectivity index (χ0v) is 5.52. The summed E-state index contributed by atoms with van der Waals surface area (Å²) in [6.45, 7) is -0.596. The number of primary amides is 1. The van der Waals surface area contributed by atoms with Gasteiger partial charge in [0.15, 0.2) is 0 Å². The molecule has 0 bridgehead atoms. The Labute approximate surface area is 61.8 Å². The molecule has 0 fully saturated rings. The second-order valence-electron chi connectivity index (χ2n) is 1.59. The van der Waals surface area contributed by atoms with Gasteiger partial charge in [0.2, 0.25) is 0 Å². The summed E-state index contributed by atoms with van der Waals surface area (Å²) in [5.74, 6) is -1.06. The molecule has 0 saturated heterocycles. The molecule has 64 valence electrons. The number of rotatable bonds is 2. The zero-order valence-electron chi connectivity index (χ0n) is 5.52. The van der Waals surface area contributed by atoms with E-state index >= 15 is 0 Å². The van der Waals surface area contributed by atoms with Crippen LogP contribution >= 0.6 is 0 Å². The van der Waals surface area contributed by atoms with Crippen molar-refractivity contribution >= 4 is 12.1 Å². The minimum atomic E-state index is -1.26. The Morgan fingerprint density at radius 3 is 2.36 bits per heavy atom. The van der Waals surface area contributed by atoms with Gasteiger partial charge in [-0.2, -0.15) is 0 Å². The van der Waals surface area contributed by atoms with Gasteiger partial charge in [-0.15, -0.1) is 0 Å². The van der Waals surface area contributed by atoms with E-state index in [4.69, 9.17) is 10.8 Å². The number of hydrogen-bond acceptors (Lipinski definition) is 6. The summed E-state index contributed by atoms with van der Waals surface area (Å²) in [6, 6.07) is -1.23. The number of amides is 1. The van der Waals surface area contributed by atoms with Gasteiger partial charge < -0.3 is 16.6 Å². The van der Waals surface area contributed by atoms with Gasteiger partial charge in [0, 0.05) is 0 Å². The SMILES string of the molecule is NC(=O)OOC(=O)[C@@H](N)CO. The van der Waals surface area contributed by atoms with Crippen molar-refractivity contribution in [2.45, 2.75) is 6.04 Å². The van der Waals surface area contributed by atoms with Crippen LogP contribution in [0.15, 0.2) is 0 Å². The molecule has 0 aromatic heterocycles. The van der Waals surface area contributed by atoms with Crippen molar-refractivity contribution in [3.63, 3.8) is 0 Å². The van der Waals surface area contributed by atoms with E-state index in [1.165, 1.54) is 0 Å². The Hall–Kier alpha value is -1.34. The van der Waals surface area contributed by atoms with Crippen molar-refractivity contribution in [2.75, 3.05) is 6.61 Å². The lowest BCUT2D eigenvalue weighted by Crippen LogP contribution is -2.36.